The van der Waals surface area contributed by atoms with Gasteiger partial charge in [-0.3, -0.25) is 14.3 Å². The average molecular weight is 599 g/mol. The molecule has 0 unspecified atom stereocenters. The Kier molecular flexibility index (Phi) is 9.71. The minimum Gasteiger partial charge on any atom is -0.356 e. The topological polar surface area (TPSA) is 122 Å². The number of hydrogen-bond donors (Lipinski definition) is 2. The number of nitrogens with zero attached hydrogens (tertiary/aromatic N) is 2. The van der Waals surface area contributed by atoms with E-state index in [9.17, 15) is 22.4 Å². The van der Waals surface area contributed by atoms with E-state index in [4.69, 9.17) is 4.52 Å². The van der Waals surface area contributed by atoms with Crippen LogP contribution in [0.25, 0.3) is 11.1 Å². The van der Waals surface area contributed by atoms with Gasteiger partial charge in [0, 0.05) is 24.1 Å². The lowest BCUT2D eigenvalue weighted by Gasteiger charge is -2.35. The molecule has 3 aromatic rings. The molecule has 0 aliphatic heterocycles. The van der Waals surface area contributed by atoms with Crippen molar-refractivity contribution in [1.82, 2.24) is 15.4 Å². The monoisotopic (exact) mass is 598 g/mol. The van der Waals surface area contributed by atoms with Crippen molar-refractivity contribution in [2.75, 3.05) is 4.72 Å². The molecule has 9 nitrogen and oxygen atoms in total. The maximum absolute atomic E-state index is 14.2. The highest BCUT2D eigenvalue weighted by atomic mass is 32.2. The second kappa shape index (κ2) is 13.1. The van der Waals surface area contributed by atoms with Crippen molar-refractivity contribution >= 4 is 27.7 Å². The lowest BCUT2D eigenvalue weighted by Crippen LogP contribution is -2.54. The van der Waals surface area contributed by atoms with Crippen LogP contribution in [-0.4, -0.2) is 42.4 Å². The third-order valence-electron chi connectivity index (χ3n) is 7.47. The van der Waals surface area contributed by atoms with Crippen LogP contribution in [0, 0.1) is 24.6 Å². The van der Waals surface area contributed by atoms with Crippen LogP contribution in [0.4, 0.5) is 10.2 Å². The van der Waals surface area contributed by atoms with E-state index in [1.807, 2.05) is 39.8 Å². The Balaban J connectivity index is 1.63. The first-order valence-corrected chi connectivity index (χ1v) is 15.8. The van der Waals surface area contributed by atoms with E-state index in [2.05, 4.69) is 15.2 Å². The molecule has 1 aliphatic carbocycles. The van der Waals surface area contributed by atoms with Gasteiger partial charge in [-0.1, -0.05) is 74.3 Å². The Bertz CT molecular complexity index is 1510. The van der Waals surface area contributed by atoms with E-state index in [-0.39, 0.29) is 46.9 Å². The number of anilines is 1. The van der Waals surface area contributed by atoms with Crippen LogP contribution in [0.3, 0.4) is 0 Å². The van der Waals surface area contributed by atoms with E-state index in [1.165, 1.54) is 13.0 Å². The molecule has 2 aromatic carbocycles. The SMILES string of the molecule is Cc1onc(NS(=O)(=O)c2ccccc2-c2ccc(CN(C(=O)C3CCCC3)[C@H](C(=O)NC(C)C)C(C)C)cc2)c1F. The fourth-order valence-electron chi connectivity index (χ4n) is 5.43. The molecule has 0 spiro atoms. The van der Waals surface area contributed by atoms with Crippen LogP contribution < -0.4 is 10.0 Å². The van der Waals surface area contributed by atoms with Gasteiger partial charge in [0.1, 0.15) is 6.04 Å². The number of halogens is 1. The van der Waals surface area contributed by atoms with Crippen LogP contribution in [0.15, 0.2) is 57.9 Å². The predicted octanol–water partition coefficient (Wildman–Crippen LogP) is 5.66. The summed E-state index contributed by atoms with van der Waals surface area (Å²) in [6.07, 6.45) is 3.65. The van der Waals surface area contributed by atoms with E-state index >= 15 is 0 Å². The summed E-state index contributed by atoms with van der Waals surface area (Å²) in [5.74, 6) is -1.89. The van der Waals surface area contributed by atoms with Gasteiger partial charge in [0.05, 0.1) is 4.90 Å². The molecule has 1 aliphatic rings. The molecule has 0 radical (unpaired) electrons. The second-order valence-electron chi connectivity index (χ2n) is 11.5. The second-order valence-corrected chi connectivity index (χ2v) is 13.2. The summed E-state index contributed by atoms with van der Waals surface area (Å²) < 4.78 is 47.5. The number of rotatable bonds is 11. The maximum Gasteiger partial charge on any atom is 0.263 e. The van der Waals surface area contributed by atoms with Crippen LogP contribution in [-0.2, 0) is 26.2 Å². The van der Waals surface area contributed by atoms with Gasteiger partial charge in [0.25, 0.3) is 10.0 Å². The molecule has 1 saturated carbocycles. The Hall–Kier alpha value is -3.73. The van der Waals surface area contributed by atoms with E-state index in [0.29, 0.717) is 11.1 Å². The van der Waals surface area contributed by atoms with Crippen LogP contribution in [0.5, 0.6) is 0 Å². The quantitative estimate of drug-likeness (QED) is 0.294. The molecule has 0 bridgehead atoms. The first kappa shape index (κ1) is 31.2. The lowest BCUT2D eigenvalue weighted by atomic mass is 9.96. The first-order chi connectivity index (χ1) is 19.9. The van der Waals surface area contributed by atoms with Crippen LogP contribution in [0.1, 0.15) is 64.7 Å². The molecular formula is C31H39FN4O5S. The zero-order valence-corrected chi connectivity index (χ0v) is 25.5. The average Bonchev–Trinajstić information content (AvgIpc) is 3.58. The molecular weight excluding hydrogens is 559 g/mol. The number of sulfonamides is 1. The molecule has 0 saturated heterocycles. The van der Waals surface area contributed by atoms with Gasteiger partial charge < -0.3 is 14.7 Å². The fraction of sp³-hybridized carbons (Fsp3) is 0.452. The van der Waals surface area contributed by atoms with Crippen molar-refractivity contribution in [1.29, 1.82) is 0 Å². The van der Waals surface area contributed by atoms with Crippen molar-refractivity contribution in [3.63, 3.8) is 0 Å². The number of carbonyl (C=O) groups is 2. The smallest absolute Gasteiger partial charge is 0.263 e. The summed E-state index contributed by atoms with van der Waals surface area (Å²) in [6, 6.07) is 12.9. The van der Waals surface area contributed by atoms with Gasteiger partial charge >= 0.3 is 0 Å². The molecule has 2 amide bonds. The van der Waals surface area contributed by atoms with Crippen LogP contribution >= 0.6 is 0 Å². The summed E-state index contributed by atoms with van der Waals surface area (Å²) >= 11 is 0. The summed E-state index contributed by atoms with van der Waals surface area (Å²) in [4.78, 5) is 28.7. The highest BCUT2D eigenvalue weighted by Gasteiger charge is 2.37. The van der Waals surface area contributed by atoms with E-state index in [1.54, 1.807) is 35.2 Å². The fourth-order valence-corrected chi connectivity index (χ4v) is 6.65. The Morgan fingerprint density at radius 3 is 2.26 bits per heavy atom. The largest absolute Gasteiger partial charge is 0.356 e. The number of aromatic nitrogens is 1. The minimum atomic E-state index is -4.20. The molecule has 11 heteroatoms. The van der Waals surface area contributed by atoms with Gasteiger partial charge in [-0.05, 0) is 56.7 Å². The minimum absolute atomic E-state index is 0.00739. The van der Waals surface area contributed by atoms with Crippen molar-refractivity contribution in [2.24, 2.45) is 11.8 Å². The zero-order valence-electron chi connectivity index (χ0n) is 24.7. The van der Waals surface area contributed by atoms with Gasteiger partial charge in [0.15, 0.2) is 5.76 Å². The third-order valence-corrected chi connectivity index (χ3v) is 8.87. The summed E-state index contributed by atoms with van der Waals surface area (Å²) in [5.41, 5.74) is 1.84. The van der Waals surface area contributed by atoms with Gasteiger partial charge in [0.2, 0.25) is 23.4 Å². The summed E-state index contributed by atoms with van der Waals surface area (Å²) in [6.45, 7) is 9.27. The number of nitrogens with one attached hydrogen (secondary N) is 2. The van der Waals surface area contributed by atoms with Gasteiger partial charge in [-0.15, -0.1) is 0 Å². The number of carbonyl (C=O) groups excluding carboxylic acids is 2. The number of benzene rings is 2. The molecule has 42 heavy (non-hydrogen) atoms. The van der Waals surface area contributed by atoms with Crippen molar-refractivity contribution in [3.8, 4) is 11.1 Å². The van der Waals surface area contributed by atoms with Gasteiger partial charge in [-0.2, -0.15) is 4.39 Å². The Morgan fingerprint density at radius 1 is 1.05 bits per heavy atom. The van der Waals surface area contributed by atoms with E-state index < -0.39 is 27.7 Å². The zero-order chi connectivity index (χ0) is 30.6. The molecule has 1 aromatic heterocycles. The Labute approximate surface area is 246 Å². The molecule has 1 fully saturated rings. The maximum atomic E-state index is 14.2. The van der Waals surface area contributed by atoms with E-state index in [0.717, 1.165) is 31.2 Å². The summed E-state index contributed by atoms with van der Waals surface area (Å²) in [5, 5.41) is 6.44. The van der Waals surface area contributed by atoms with Crippen LogP contribution in [0.2, 0.25) is 0 Å². The highest BCUT2D eigenvalue weighted by Crippen LogP contribution is 2.32. The molecule has 1 atom stereocenters. The molecule has 4 rings (SSSR count). The molecule has 2 N–H and O–H groups in total. The lowest BCUT2D eigenvalue weighted by molar-refractivity contribution is -0.146. The van der Waals surface area contributed by atoms with Crippen molar-refractivity contribution in [2.45, 2.75) is 83.8 Å². The number of hydrogen-bond acceptors (Lipinski definition) is 6. The highest BCUT2D eigenvalue weighted by molar-refractivity contribution is 7.92. The first-order valence-electron chi connectivity index (χ1n) is 14.3. The number of amides is 2. The van der Waals surface area contributed by atoms with Gasteiger partial charge in [-0.25, -0.2) is 8.42 Å². The normalized spacial score (nSPS) is 14.8. The Morgan fingerprint density at radius 2 is 1.69 bits per heavy atom. The predicted molar refractivity (Wildman–Crippen MR) is 158 cm³/mol. The standard InChI is InChI=1S/C31H39FN4O5S/c1-19(2)28(30(37)33-20(3)4)36(31(38)24-10-6-7-11-24)18-22-14-16-23(17-15-22)25-12-8-9-13-26(25)42(39,40)35-29-27(32)21(5)41-34-29/h8-9,12-17,19-20,24,28H,6-7,10-11,18H2,1-5H3,(H,33,37)(H,34,35)/t28-/m0/s1. The summed E-state index contributed by atoms with van der Waals surface area (Å²) in [7, 11) is -4.20. The number of aryl methyl sites for hydroxylation is 1. The van der Waals surface area contributed by atoms with Crippen molar-refractivity contribution in [3.05, 3.63) is 65.7 Å². The molecule has 1 heterocycles. The third kappa shape index (κ3) is 7.00. The van der Waals surface area contributed by atoms with Crippen molar-refractivity contribution < 1.29 is 26.9 Å². The molecule has 226 valence electrons.